The van der Waals surface area contributed by atoms with Crippen molar-refractivity contribution in [3.05, 3.63) is 0 Å². The van der Waals surface area contributed by atoms with Gasteiger partial charge in [0.15, 0.2) is 8.32 Å². The van der Waals surface area contributed by atoms with E-state index in [9.17, 15) is 4.79 Å². The first-order valence-electron chi connectivity index (χ1n) is 9.91. The smallest absolute Gasteiger partial charge is 0.329 e. The van der Waals surface area contributed by atoms with Crippen LogP contribution in [-0.2, 0) is 28.2 Å². The van der Waals surface area contributed by atoms with Gasteiger partial charge in [0, 0.05) is 0 Å². The summed E-state index contributed by atoms with van der Waals surface area (Å²) in [6.45, 7) is 17.2. The highest BCUT2D eigenvalue weighted by atomic mass is 28.4. The van der Waals surface area contributed by atoms with Crippen molar-refractivity contribution in [1.82, 2.24) is 0 Å². The van der Waals surface area contributed by atoms with Crippen LogP contribution in [0.3, 0.4) is 0 Å². The maximum atomic E-state index is 10.2. The molecule has 1 N–H and O–H groups in total. The quantitative estimate of drug-likeness (QED) is 0.275. The lowest BCUT2D eigenvalue weighted by atomic mass is 10.5. The SMILES string of the molecule is CC(C)[Si](OCCOCCOCCOCCOCC(=O)O)(C(C)C)C(C)C. The van der Waals surface area contributed by atoms with Crippen molar-refractivity contribution in [1.29, 1.82) is 0 Å². The first-order valence-corrected chi connectivity index (χ1v) is 12.1. The summed E-state index contributed by atoms with van der Waals surface area (Å²) >= 11 is 0. The number of hydrogen-bond donors (Lipinski definition) is 1. The molecule has 0 fully saturated rings. The third kappa shape index (κ3) is 11.2. The van der Waals surface area contributed by atoms with E-state index in [1.165, 1.54) is 0 Å². The maximum Gasteiger partial charge on any atom is 0.329 e. The maximum absolute atomic E-state index is 10.2. The second kappa shape index (κ2) is 15.4. The van der Waals surface area contributed by atoms with Crippen molar-refractivity contribution < 1.29 is 33.3 Å². The van der Waals surface area contributed by atoms with Crippen molar-refractivity contribution in [2.24, 2.45) is 0 Å². The first-order chi connectivity index (χ1) is 12.7. The predicted octanol–water partition coefficient (Wildman–Crippen LogP) is 3.33. The molecule has 0 atom stereocenters. The van der Waals surface area contributed by atoms with E-state index in [1.807, 2.05) is 0 Å². The van der Waals surface area contributed by atoms with Gasteiger partial charge in [0.1, 0.15) is 6.61 Å². The summed E-state index contributed by atoms with van der Waals surface area (Å²) in [5, 5.41) is 8.40. The van der Waals surface area contributed by atoms with Crippen LogP contribution in [0.2, 0.25) is 16.6 Å². The summed E-state index contributed by atoms with van der Waals surface area (Å²) < 4.78 is 27.6. The molecule has 0 unspecified atom stereocenters. The van der Waals surface area contributed by atoms with Crippen LogP contribution in [0, 0.1) is 0 Å². The Labute approximate surface area is 165 Å². The van der Waals surface area contributed by atoms with Gasteiger partial charge >= 0.3 is 5.97 Å². The van der Waals surface area contributed by atoms with E-state index in [4.69, 9.17) is 28.5 Å². The minimum Gasteiger partial charge on any atom is -0.480 e. The molecule has 0 saturated carbocycles. The number of carbonyl (C=O) groups is 1. The summed E-state index contributed by atoms with van der Waals surface area (Å²) in [4.78, 5) is 10.2. The van der Waals surface area contributed by atoms with Gasteiger partial charge in [-0.15, -0.1) is 0 Å². The van der Waals surface area contributed by atoms with Crippen molar-refractivity contribution >= 4 is 14.3 Å². The number of ether oxygens (including phenoxy) is 4. The van der Waals surface area contributed by atoms with E-state index in [1.54, 1.807) is 0 Å². The van der Waals surface area contributed by atoms with Gasteiger partial charge in [-0.2, -0.15) is 0 Å². The summed E-state index contributed by atoms with van der Waals surface area (Å²) in [7, 11) is -1.80. The van der Waals surface area contributed by atoms with Crippen LogP contribution in [0.4, 0.5) is 0 Å². The zero-order chi connectivity index (χ0) is 20.7. The summed E-state index contributed by atoms with van der Waals surface area (Å²) in [6, 6.07) is 0. The van der Waals surface area contributed by atoms with Crippen LogP contribution in [0.5, 0.6) is 0 Å². The second-order valence-electron chi connectivity index (χ2n) is 7.45. The Morgan fingerprint density at radius 2 is 1.00 bits per heavy atom. The third-order valence-corrected chi connectivity index (χ3v) is 10.7. The third-order valence-electron chi connectivity index (χ3n) is 4.63. The van der Waals surface area contributed by atoms with Gasteiger partial charge in [-0.25, -0.2) is 4.79 Å². The Morgan fingerprint density at radius 1 is 0.667 bits per heavy atom. The van der Waals surface area contributed by atoms with Crippen LogP contribution < -0.4 is 0 Å². The molecule has 7 nitrogen and oxygen atoms in total. The molecule has 0 spiro atoms. The van der Waals surface area contributed by atoms with E-state index in [0.29, 0.717) is 62.9 Å². The van der Waals surface area contributed by atoms with E-state index in [0.717, 1.165) is 0 Å². The predicted molar refractivity (Wildman–Crippen MR) is 108 cm³/mol. The lowest BCUT2D eigenvalue weighted by Gasteiger charge is -2.42. The number of aliphatic carboxylic acids is 1. The Bertz CT molecular complexity index is 353. The van der Waals surface area contributed by atoms with Crippen molar-refractivity contribution in [3.63, 3.8) is 0 Å². The number of carboxylic acid groups (broad SMARTS) is 1. The molecule has 0 aliphatic rings. The largest absolute Gasteiger partial charge is 0.480 e. The van der Waals surface area contributed by atoms with Gasteiger partial charge in [-0.1, -0.05) is 41.5 Å². The zero-order valence-electron chi connectivity index (χ0n) is 18.0. The van der Waals surface area contributed by atoms with E-state index < -0.39 is 14.3 Å². The highest BCUT2D eigenvalue weighted by molar-refractivity contribution is 6.77. The Balaban J connectivity index is 3.62. The molecule has 27 heavy (non-hydrogen) atoms. The van der Waals surface area contributed by atoms with Crippen LogP contribution in [0.1, 0.15) is 41.5 Å². The summed E-state index contributed by atoms with van der Waals surface area (Å²) in [5.41, 5.74) is 1.74. The molecule has 0 rings (SSSR count). The lowest BCUT2D eigenvalue weighted by Crippen LogP contribution is -2.48. The molecule has 0 radical (unpaired) electrons. The standard InChI is InChI=1S/C19H40O7Si/c1-16(2)27(17(3)4,18(5)6)26-14-13-24-10-9-22-7-8-23-11-12-25-15-19(20)21/h16-18H,7-15H2,1-6H3,(H,20,21). The monoisotopic (exact) mass is 408 g/mol. The molecule has 0 aliphatic carbocycles. The molecular weight excluding hydrogens is 368 g/mol. The van der Waals surface area contributed by atoms with Crippen molar-refractivity contribution in [3.8, 4) is 0 Å². The number of hydrogen-bond acceptors (Lipinski definition) is 6. The average Bonchev–Trinajstić information content (AvgIpc) is 2.57. The highest BCUT2D eigenvalue weighted by Gasteiger charge is 2.44. The van der Waals surface area contributed by atoms with E-state index in [-0.39, 0.29) is 13.2 Å². The average molecular weight is 409 g/mol. The van der Waals surface area contributed by atoms with Crippen LogP contribution in [-0.4, -0.2) is 78.9 Å². The fourth-order valence-electron chi connectivity index (χ4n) is 3.60. The molecule has 0 aliphatic heterocycles. The fourth-order valence-corrected chi connectivity index (χ4v) is 9.03. The Hall–Kier alpha value is -0.513. The molecule has 0 bridgehead atoms. The van der Waals surface area contributed by atoms with Crippen molar-refractivity contribution in [2.45, 2.75) is 58.2 Å². The van der Waals surface area contributed by atoms with Gasteiger partial charge in [0.2, 0.25) is 0 Å². The zero-order valence-corrected chi connectivity index (χ0v) is 19.0. The van der Waals surface area contributed by atoms with Crippen molar-refractivity contribution in [2.75, 3.05) is 59.5 Å². The molecule has 0 aromatic rings. The van der Waals surface area contributed by atoms with Crippen LogP contribution in [0.25, 0.3) is 0 Å². The minimum atomic E-state index is -1.80. The molecular formula is C19H40O7Si. The summed E-state index contributed by atoms with van der Waals surface area (Å²) in [6.07, 6.45) is 0. The molecule has 8 heteroatoms. The summed E-state index contributed by atoms with van der Waals surface area (Å²) in [5.74, 6) is -0.977. The van der Waals surface area contributed by atoms with Gasteiger partial charge in [-0.3, -0.25) is 0 Å². The Morgan fingerprint density at radius 3 is 1.33 bits per heavy atom. The van der Waals surface area contributed by atoms with Gasteiger partial charge < -0.3 is 28.5 Å². The van der Waals surface area contributed by atoms with E-state index >= 15 is 0 Å². The van der Waals surface area contributed by atoms with Gasteiger partial charge in [0.05, 0.1) is 52.9 Å². The molecule has 0 heterocycles. The molecule has 0 aromatic heterocycles. The molecule has 0 aromatic carbocycles. The lowest BCUT2D eigenvalue weighted by molar-refractivity contribution is -0.142. The van der Waals surface area contributed by atoms with Crippen LogP contribution in [0.15, 0.2) is 0 Å². The van der Waals surface area contributed by atoms with Crippen LogP contribution >= 0.6 is 0 Å². The second-order valence-corrected chi connectivity index (χ2v) is 12.9. The topological polar surface area (TPSA) is 83.5 Å². The molecule has 162 valence electrons. The Kier molecular flexibility index (Phi) is 15.1. The van der Waals surface area contributed by atoms with Gasteiger partial charge in [0.25, 0.3) is 0 Å². The minimum absolute atomic E-state index is 0.267. The first kappa shape index (κ1) is 26.5. The molecule has 0 saturated heterocycles. The number of rotatable bonds is 18. The highest BCUT2D eigenvalue weighted by Crippen LogP contribution is 2.42. The number of carboxylic acids is 1. The normalized spacial score (nSPS) is 12.5. The molecule has 0 amide bonds. The fraction of sp³-hybridized carbons (Fsp3) is 0.947. The van der Waals surface area contributed by atoms with E-state index in [2.05, 4.69) is 41.5 Å². The van der Waals surface area contributed by atoms with Gasteiger partial charge in [-0.05, 0) is 16.6 Å².